The molecule has 0 aromatic carbocycles. The van der Waals surface area contributed by atoms with Crippen molar-refractivity contribution >= 4 is 6.91 Å². The van der Waals surface area contributed by atoms with Crippen LogP contribution in [0.4, 0.5) is 0 Å². The van der Waals surface area contributed by atoms with Gasteiger partial charge in [-0.1, -0.05) is 0 Å². The molecule has 1 aromatic rings. The van der Waals surface area contributed by atoms with E-state index in [-0.39, 0.29) is 0 Å². The van der Waals surface area contributed by atoms with Gasteiger partial charge in [0.15, 0.2) is 0 Å². The van der Waals surface area contributed by atoms with E-state index in [9.17, 15) is 0 Å². The third-order valence-corrected chi connectivity index (χ3v) is 1.98. The fraction of sp³-hybridized carbons (Fsp3) is 0.444. The van der Waals surface area contributed by atoms with Crippen molar-refractivity contribution in [1.29, 1.82) is 0 Å². The fourth-order valence-electron chi connectivity index (χ4n) is 1.02. The Bertz CT molecular complexity index is 181. The third-order valence-electron chi connectivity index (χ3n) is 1.98. The second kappa shape index (κ2) is 3.55. The van der Waals surface area contributed by atoms with Gasteiger partial charge < -0.3 is 0 Å². The van der Waals surface area contributed by atoms with Gasteiger partial charge >= 0.3 is 62.7 Å². The van der Waals surface area contributed by atoms with Crippen molar-refractivity contribution in [2.45, 2.75) is 26.2 Å². The quantitative estimate of drug-likeness (QED) is 0.579. The maximum absolute atomic E-state index is 2.26. The van der Waals surface area contributed by atoms with Gasteiger partial charge in [-0.2, -0.15) is 0 Å². The molecule has 1 atom stereocenters. The second-order valence-electron chi connectivity index (χ2n) is 2.72. The zero-order chi connectivity index (χ0) is 7.40. The van der Waals surface area contributed by atoms with E-state index >= 15 is 0 Å². The Hall–Kier alpha value is -0.585. The van der Waals surface area contributed by atoms with Crippen LogP contribution >= 0.6 is 0 Å². The Morgan fingerprint density at radius 3 is 2.80 bits per heavy atom. The second-order valence-corrected chi connectivity index (χ2v) is 2.72. The van der Waals surface area contributed by atoms with Crippen LogP contribution in [0.3, 0.4) is 0 Å². The van der Waals surface area contributed by atoms with Crippen LogP contribution in [0.15, 0.2) is 24.2 Å². The molecule has 0 fully saturated rings. The van der Waals surface area contributed by atoms with Crippen molar-refractivity contribution in [3.05, 3.63) is 29.6 Å². The Morgan fingerprint density at radius 1 is 1.50 bits per heavy atom. The Balaban J connectivity index is 2.75. The molecule has 1 heterocycles. The van der Waals surface area contributed by atoms with Crippen molar-refractivity contribution in [3.63, 3.8) is 0 Å². The maximum atomic E-state index is 2.26. The minimum absolute atomic E-state index is 0.709. The average molecular weight is 132 g/mol. The zero-order valence-corrected chi connectivity index (χ0v) is 6.67. The number of hydrogen-bond acceptors (Lipinski definition) is 0. The minimum atomic E-state index is 0.709. The predicted octanol–water partition coefficient (Wildman–Crippen LogP) is 2.54. The number of rotatable bonds is 2. The molecule has 0 radical (unpaired) electrons. The summed E-state index contributed by atoms with van der Waals surface area (Å²) in [5, 5.41) is 0. The van der Waals surface area contributed by atoms with Crippen LogP contribution in [-0.4, -0.2) is 6.91 Å². The first-order valence-corrected chi connectivity index (χ1v) is 3.89. The molecular formula is C9H13B. The Kier molecular flexibility index (Phi) is 2.67. The molecule has 0 nitrogen and oxygen atoms in total. The van der Waals surface area contributed by atoms with Crippen molar-refractivity contribution in [2.24, 2.45) is 0 Å². The molecule has 0 amide bonds. The summed E-state index contributed by atoms with van der Waals surface area (Å²) >= 11 is 0. The van der Waals surface area contributed by atoms with Crippen LogP contribution < -0.4 is 0 Å². The molecule has 0 saturated carbocycles. The van der Waals surface area contributed by atoms with Crippen molar-refractivity contribution < 1.29 is 0 Å². The van der Waals surface area contributed by atoms with Gasteiger partial charge in [0, 0.05) is 0 Å². The summed E-state index contributed by atoms with van der Waals surface area (Å²) in [6.07, 6.45) is 1.23. The summed E-state index contributed by atoms with van der Waals surface area (Å²) in [5.41, 5.74) is 1.45. The Morgan fingerprint density at radius 2 is 2.30 bits per heavy atom. The van der Waals surface area contributed by atoms with Gasteiger partial charge in [-0.25, -0.2) is 0 Å². The van der Waals surface area contributed by atoms with E-state index in [4.69, 9.17) is 0 Å². The van der Waals surface area contributed by atoms with E-state index in [0.29, 0.717) is 5.92 Å². The predicted molar refractivity (Wildman–Crippen MR) is 46.5 cm³/mol. The van der Waals surface area contributed by atoms with E-state index < -0.39 is 0 Å². The molecule has 1 rings (SSSR count). The molecule has 1 aromatic heterocycles. The first-order chi connectivity index (χ1) is 4.84. The summed E-state index contributed by atoms with van der Waals surface area (Å²) in [7, 11) is 0. The molecule has 0 aliphatic rings. The van der Waals surface area contributed by atoms with Crippen LogP contribution in [0.1, 0.15) is 31.6 Å². The van der Waals surface area contributed by atoms with Crippen LogP contribution in [0.5, 0.6) is 0 Å². The normalized spacial score (nSPS) is 12.6. The molecule has 10 heavy (non-hydrogen) atoms. The first kappa shape index (κ1) is 7.52. The SMILES string of the molecule is CCC(C)c1bcccc1. The van der Waals surface area contributed by atoms with E-state index in [2.05, 4.69) is 44.9 Å². The first-order valence-electron chi connectivity index (χ1n) is 3.89. The summed E-state index contributed by atoms with van der Waals surface area (Å²) in [5.74, 6) is 2.81. The summed E-state index contributed by atoms with van der Waals surface area (Å²) in [6.45, 7) is 6.67. The van der Waals surface area contributed by atoms with Gasteiger partial charge in [-0.3, -0.25) is 0 Å². The average Bonchev–Trinajstić information content (AvgIpc) is 2.05. The fourth-order valence-corrected chi connectivity index (χ4v) is 1.02. The van der Waals surface area contributed by atoms with Gasteiger partial charge in [-0.05, 0) is 0 Å². The number of hydrogen-bond donors (Lipinski definition) is 0. The monoisotopic (exact) mass is 132 g/mol. The molecule has 0 N–H and O–H groups in total. The van der Waals surface area contributed by atoms with Crippen molar-refractivity contribution in [1.82, 2.24) is 0 Å². The topological polar surface area (TPSA) is 0 Å². The Labute approximate surface area is 63.5 Å². The van der Waals surface area contributed by atoms with Gasteiger partial charge in [0.2, 0.25) is 0 Å². The van der Waals surface area contributed by atoms with Gasteiger partial charge in [0.1, 0.15) is 0 Å². The van der Waals surface area contributed by atoms with Crippen molar-refractivity contribution in [3.8, 4) is 0 Å². The van der Waals surface area contributed by atoms with Crippen LogP contribution in [0.25, 0.3) is 0 Å². The van der Waals surface area contributed by atoms with E-state index in [1.807, 2.05) is 0 Å². The molecule has 0 aliphatic carbocycles. The van der Waals surface area contributed by atoms with Gasteiger partial charge in [0.05, 0.1) is 0 Å². The third kappa shape index (κ3) is 1.70. The molecule has 1 unspecified atom stereocenters. The van der Waals surface area contributed by atoms with Crippen molar-refractivity contribution in [2.75, 3.05) is 0 Å². The molecule has 1 heteroatoms. The summed E-state index contributed by atoms with van der Waals surface area (Å²) in [6, 6.07) is 6.35. The molecule has 0 aliphatic heterocycles. The standard InChI is InChI=1S/C9H13B/c1-3-8(2)9-6-4-5-7-10-9/h4-8H,3H2,1-2H3. The van der Waals surface area contributed by atoms with Gasteiger partial charge in [-0.15, -0.1) is 0 Å². The van der Waals surface area contributed by atoms with E-state index in [1.54, 1.807) is 0 Å². The summed E-state index contributed by atoms with van der Waals surface area (Å²) < 4.78 is 0. The molecule has 0 bridgehead atoms. The molecule has 0 spiro atoms. The zero-order valence-electron chi connectivity index (χ0n) is 6.67. The molecular weight excluding hydrogens is 119 g/mol. The molecule has 0 saturated heterocycles. The van der Waals surface area contributed by atoms with E-state index in [0.717, 1.165) is 0 Å². The van der Waals surface area contributed by atoms with Crippen LogP contribution in [0, 0.1) is 0 Å². The van der Waals surface area contributed by atoms with E-state index in [1.165, 1.54) is 11.9 Å². The van der Waals surface area contributed by atoms with Gasteiger partial charge in [0.25, 0.3) is 0 Å². The molecule has 52 valence electrons. The van der Waals surface area contributed by atoms with Crippen LogP contribution in [0.2, 0.25) is 0 Å². The summed E-state index contributed by atoms with van der Waals surface area (Å²) in [4.78, 5) is 0. The van der Waals surface area contributed by atoms with Crippen LogP contribution in [-0.2, 0) is 0 Å².